The predicted molar refractivity (Wildman–Crippen MR) is 111 cm³/mol. The molecule has 1 aliphatic carbocycles. The van der Waals surface area contributed by atoms with Crippen LogP contribution in [0, 0.1) is 11.8 Å². The van der Waals surface area contributed by atoms with Crippen LogP contribution in [0.5, 0.6) is 0 Å². The van der Waals surface area contributed by atoms with Crippen LogP contribution in [-0.2, 0) is 9.53 Å². The minimum atomic E-state index is -0.515. The van der Waals surface area contributed by atoms with Crippen LogP contribution >= 0.6 is 0 Å². The van der Waals surface area contributed by atoms with Gasteiger partial charge in [0.15, 0.2) is 6.61 Å². The Hall–Kier alpha value is -2.82. The van der Waals surface area contributed by atoms with Crippen molar-refractivity contribution in [1.29, 1.82) is 0 Å². The number of ether oxygens (including phenoxy) is 1. The van der Waals surface area contributed by atoms with Gasteiger partial charge >= 0.3 is 5.97 Å². The highest BCUT2D eigenvalue weighted by molar-refractivity contribution is 5.97. The van der Waals surface area contributed by atoms with E-state index in [0.717, 1.165) is 18.5 Å². The molecule has 0 unspecified atom stereocenters. The van der Waals surface area contributed by atoms with E-state index in [-0.39, 0.29) is 18.6 Å². The molecular formula is C23H28N2O3. The van der Waals surface area contributed by atoms with E-state index in [1.165, 1.54) is 6.42 Å². The summed E-state index contributed by atoms with van der Waals surface area (Å²) in [5.41, 5.74) is 1.92. The van der Waals surface area contributed by atoms with Gasteiger partial charge in [0.05, 0.1) is 11.3 Å². The fourth-order valence-electron chi connectivity index (χ4n) is 3.69. The molecule has 0 radical (unpaired) electrons. The molecule has 28 heavy (non-hydrogen) atoms. The van der Waals surface area contributed by atoms with Gasteiger partial charge in [0.25, 0.3) is 5.91 Å². The Kier molecular flexibility index (Phi) is 6.69. The number of amides is 1. The van der Waals surface area contributed by atoms with Crippen molar-refractivity contribution < 1.29 is 14.3 Å². The Labute approximate surface area is 166 Å². The van der Waals surface area contributed by atoms with Crippen LogP contribution in [0.2, 0.25) is 0 Å². The number of anilines is 2. The van der Waals surface area contributed by atoms with E-state index < -0.39 is 5.97 Å². The molecule has 2 aromatic carbocycles. The summed E-state index contributed by atoms with van der Waals surface area (Å²) in [6.45, 7) is 4.13. The first-order valence-corrected chi connectivity index (χ1v) is 9.92. The third-order valence-corrected chi connectivity index (χ3v) is 5.59. The summed E-state index contributed by atoms with van der Waals surface area (Å²) in [4.78, 5) is 24.8. The molecule has 148 valence electrons. The molecule has 0 aromatic heterocycles. The van der Waals surface area contributed by atoms with Gasteiger partial charge in [0.1, 0.15) is 0 Å². The molecule has 1 fully saturated rings. The molecular weight excluding hydrogens is 352 g/mol. The first-order valence-electron chi connectivity index (χ1n) is 9.92. The Morgan fingerprint density at radius 2 is 1.71 bits per heavy atom. The van der Waals surface area contributed by atoms with Crippen LogP contribution in [0.3, 0.4) is 0 Å². The van der Waals surface area contributed by atoms with E-state index >= 15 is 0 Å². The first-order chi connectivity index (χ1) is 13.5. The number of rotatable bonds is 6. The van der Waals surface area contributed by atoms with Gasteiger partial charge < -0.3 is 15.4 Å². The van der Waals surface area contributed by atoms with E-state index in [1.807, 2.05) is 42.5 Å². The molecule has 5 nitrogen and oxygen atoms in total. The van der Waals surface area contributed by atoms with E-state index in [4.69, 9.17) is 4.74 Å². The van der Waals surface area contributed by atoms with E-state index in [2.05, 4.69) is 24.5 Å². The molecule has 0 spiro atoms. The normalized spacial score (nSPS) is 21.6. The van der Waals surface area contributed by atoms with E-state index in [1.54, 1.807) is 12.1 Å². The fourth-order valence-corrected chi connectivity index (χ4v) is 3.69. The maximum Gasteiger partial charge on any atom is 0.340 e. The predicted octanol–water partition coefficient (Wildman–Crippen LogP) is 4.53. The molecule has 1 amide bonds. The number of nitrogens with one attached hydrogen (secondary N) is 2. The van der Waals surface area contributed by atoms with Crippen LogP contribution in [0.15, 0.2) is 54.6 Å². The minimum Gasteiger partial charge on any atom is -0.452 e. The number of benzene rings is 2. The van der Waals surface area contributed by atoms with Crippen molar-refractivity contribution in [2.75, 3.05) is 11.9 Å². The average Bonchev–Trinajstić information content (AvgIpc) is 2.71. The third-order valence-electron chi connectivity index (χ3n) is 5.59. The topological polar surface area (TPSA) is 67.4 Å². The molecule has 5 heteroatoms. The number of carbonyl (C=O) groups excluding carboxylic acids is 2. The van der Waals surface area contributed by atoms with Crippen molar-refractivity contribution in [3.8, 4) is 0 Å². The lowest BCUT2D eigenvalue weighted by Gasteiger charge is -2.34. The molecule has 3 atom stereocenters. The second-order valence-electron chi connectivity index (χ2n) is 7.55. The molecule has 1 saturated carbocycles. The summed E-state index contributed by atoms with van der Waals surface area (Å²) in [6.07, 6.45) is 3.30. The number of para-hydroxylation sites is 2. The van der Waals surface area contributed by atoms with Gasteiger partial charge in [0.2, 0.25) is 0 Å². The Morgan fingerprint density at radius 1 is 1.00 bits per heavy atom. The zero-order chi connectivity index (χ0) is 19.9. The lowest BCUT2D eigenvalue weighted by Crippen LogP contribution is -2.45. The number of carbonyl (C=O) groups is 2. The van der Waals surface area contributed by atoms with Gasteiger partial charge in [-0.1, -0.05) is 57.0 Å². The highest BCUT2D eigenvalue weighted by Gasteiger charge is 2.28. The summed E-state index contributed by atoms with van der Waals surface area (Å²) < 4.78 is 5.28. The summed E-state index contributed by atoms with van der Waals surface area (Å²) in [7, 11) is 0. The van der Waals surface area contributed by atoms with Crippen molar-refractivity contribution in [2.45, 2.75) is 39.2 Å². The standard InChI is InChI=1S/C23H28N2O3/c1-16-9-8-14-20(17(16)2)25-22(26)15-28-23(27)19-12-6-7-13-21(19)24-18-10-4-3-5-11-18/h3-7,10-13,16-17,20,24H,8-9,14-15H2,1-2H3,(H,25,26)/t16-,17-,20+/m1/s1. The molecule has 3 rings (SSSR count). The Bertz CT molecular complexity index is 807. The number of hydrogen-bond acceptors (Lipinski definition) is 4. The summed E-state index contributed by atoms with van der Waals surface area (Å²) in [5, 5.41) is 6.24. The van der Waals surface area contributed by atoms with Crippen molar-refractivity contribution in [1.82, 2.24) is 5.32 Å². The largest absolute Gasteiger partial charge is 0.452 e. The van der Waals surface area contributed by atoms with Crippen LogP contribution in [0.1, 0.15) is 43.5 Å². The lowest BCUT2D eigenvalue weighted by atomic mass is 9.78. The summed E-state index contributed by atoms with van der Waals surface area (Å²) in [6, 6.07) is 16.9. The van der Waals surface area contributed by atoms with Crippen molar-refractivity contribution >= 4 is 23.3 Å². The molecule has 2 aromatic rings. The van der Waals surface area contributed by atoms with Crippen LogP contribution < -0.4 is 10.6 Å². The molecule has 2 N–H and O–H groups in total. The molecule has 1 aliphatic rings. The Balaban J connectivity index is 1.57. The number of esters is 1. The lowest BCUT2D eigenvalue weighted by molar-refractivity contribution is -0.125. The van der Waals surface area contributed by atoms with Crippen LogP contribution in [0.25, 0.3) is 0 Å². The quantitative estimate of drug-likeness (QED) is 0.723. The fraction of sp³-hybridized carbons (Fsp3) is 0.391. The zero-order valence-corrected chi connectivity index (χ0v) is 16.5. The van der Waals surface area contributed by atoms with Crippen molar-refractivity contribution in [3.63, 3.8) is 0 Å². The first kappa shape index (κ1) is 19.9. The van der Waals surface area contributed by atoms with Gasteiger partial charge in [-0.25, -0.2) is 4.79 Å². The van der Waals surface area contributed by atoms with Gasteiger partial charge in [0, 0.05) is 11.7 Å². The van der Waals surface area contributed by atoms with E-state index in [0.29, 0.717) is 23.1 Å². The van der Waals surface area contributed by atoms with Crippen molar-refractivity contribution in [2.24, 2.45) is 11.8 Å². The van der Waals surface area contributed by atoms with Crippen LogP contribution in [0.4, 0.5) is 11.4 Å². The molecule has 0 aliphatic heterocycles. The maximum absolute atomic E-state index is 12.5. The summed E-state index contributed by atoms with van der Waals surface area (Å²) in [5.74, 6) is 0.272. The van der Waals surface area contributed by atoms with Crippen LogP contribution in [-0.4, -0.2) is 24.5 Å². The van der Waals surface area contributed by atoms with Gasteiger partial charge in [-0.05, 0) is 42.5 Å². The smallest absolute Gasteiger partial charge is 0.340 e. The second kappa shape index (κ2) is 9.40. The monoisotopic (exact) mass is 380 g/mol. The molecule has 0 heterocycles. The highest BCUT2D eigenvalue weighted by Crippen LogP contribution is 2.29. The van der Waals surface area contributed by atoms with Gasteiger partial charge in [-0.2, -0.15) is 0 Å². The molecule has 0 bridgehead atoms. The summed E-state index contributed by atoms with van der Waals surface area (Å²) >= 11 is 0. The minimum absolute atomic E-state index is 0.155. The second-order valence-corrected chi connectivity index (χ2v) is 7.55. The average molecular weight is 380 g/mol. The zero-order valence-electron chi connectivity index (χ0n) is 16.5. The van der Waals surface area contributed by atoms with Gasteiger partial charge in [-0.15, -0.1) is 0 Å². The Morgan fingerprint density at radius 3 is 2.50 bits per heavy atom. The molecule has 0 saturated heterocycles. The van der Waals surface area contributed by atoms with E-state index in [9.17, 15) is 9.59 Å². The third kappa shape index (κ3) is 5.12. The van der Waals surface area contributed by atoms with Crippen molar-refractivity contribution in [3.05, 3.63) is 60.2 Å². The highest BCUT2D eigenvalue weighted by atomic mass is 16.5. The number of hydrogen-bond donors (Lipinski definition) is 2. The van der Waals surface area contributed by atoms with Gasteiger partial charge in [-0.3, -0.25) is 4.79 Å². The SMILES string of the molecule is C[C@@H]1[C@H](C)CCC[C@@H]1NC(=O)COC(=O)c1ccccc1Nc1ccccc1. The maximum atomic E-state index is 12.5.